The van der Waals surface area contributed by atoms with Crippen molar-refractivity contribution in [3.05, 3.63) is 40.4 Å². The van der Waals surface area contributed by atoms with Crippen molar-refractivity contribution in [2.45, 2.75) is 56.0 Å². The minimum atomic E-state index is -3.45. The number of amides is 1. The van der Waals surface area contributed by atoms with Gasteiger partial charge in [-0.05, 0) is 55.6 Å². The SMILES string of the molecule is O=C(Cc1ccc(S(=O)(=O)N2CCCCC2)cc1)NCc1n[nH]c(=S)n1C1CC1. The molecule has 2 N–H and O–H groups in total. The highest BCUT2D eigenvalue weighted by atomic mass is 32.2. The van der Waals surface area contributed by atoms with E-state index in [1.165, 1.54) is 0 Å². The zero-order valence-corrected chi connectivity index (χ0v) is 17.8. The Bertz CT molecular complexity index is 1030. The number of carbonyl (C=O) groups excluding carboxylic acids is 1. The molecule has 1 aliphatic carbocycles. The maximum absolute atomic E-state index is 12.7. The summed E-state index contributed by atoms with van der Waals surface area (Å²) in [6, 6.07) is 6.98. The van der Waals surface area contributed by atoms with E-state index in [1.807, 2.05) is 4.57 Å². The molecule has 10 heteroatoms. The first kappa shape index (κ1) is 20.2. The highest BCUT2D eigenvalue weighted by molar-refractivity contribution is 7.89. The molecule has 2 fully saturated rings. The number of aromatic nitrogens is 3. The molecule has 0 bridgehead atoms. The fourth-order valence-corrected chi connectivity index (χ4v) is 5.45. The van der Waals surface area contributed by atoms with Crippen molar-refractivity contribution in [3.63, 3.8) is 0 Å². The van der Waals surface area contributed by atoms with E-state index in [1.54, 1.807) is 28.6 Å². The molecule has 2 aromatic rings. The fourth-order valence-electron chi connectivity index (χ4n) is 3.63. The lowest BCUT2D eigenvalue weighted by molar-refractivity contribution is -0.120. The molecule has 0 spiro atoms. The number of hydrogen-bond donors (Lipinski definition) is 2. The van der Waals surface area contributed by atoms with E-state index in [0.29, 0.717) is 30.4 Å². The largest absolute Gasteiger partial charge is 0.349 e. The van der Waals surface area contributed by atoms with E-state index in [2.05, 4.69) is 15.5 Å². The van der Waals surface area contributed by atoms with Crippen LogP contribution in [0.1, 0.15) is 49.5 Å². The quantitative estimate of drug-likeness (QED) is 0.650. The van der Waals surface area contributed by atoms with Crippen LogP contribution in [0.4, 0.5) is 0 Å². The molecule has 1 aromatic heterocycles. The first-order valence-electron chi connectivity index (χ1n) is 9.97. The van der Waals surface area contributed by atoms with Gasteiger partial charge in [0.2, 0.25) is 15.9 Å². The van der Waals surface area contributed by atoms with Crippen LogP contribution >= 0.6 is 12.2 Å². The van der Waals surface area contributed by atoms with E-state index in [-0.39, 0.29) is 17.2 Å². The smallest absolute Gasteiger partial charge is 0.243 e. The second-order valence-corrected chi connectivity index (χ2v) is 9.93. The predicted molar refractivity (Wildman–Crippen MR) is 110 cm³/mol. The number of carbonyl (C=O) groups is 1. The van der Waals surface area contributed by atoms with Crippen LogP contribution in [0, 0.1) is 4.77 Å². The number of hydrogen-bond acceptors (Lipinski definition) is 5. The van der Waals surface area contributed by atoms with Crippen molar-refractivity contribution in [2.24, 2.45) is 0 Å². The van der Waals surface area contributed by atoms with Gasteiger partial charge in [-0.1, -0.05) is 18.6 Å². The molecule has 8 nitrogen and oxygen atoms in total. The number of sulfonamides is 1. The molecular weight excluding hydrogens is 410 g/mol. The summed E-state index contributed by atoms with van der Waals surface area (Å²) < 4.78 is 29.5. The van der Waals surface area contributed by atoms with Gasteiger partial charge in [-0.15, -0.1) is 0 Å². The van der Waals surface area contributed by atoms with Gasteiger partial charge in [0.15, 0.2) is 10.6 Å². The van der Waals surface area contributed by atoms with E-state index < -0.39 is 10.0 Å². The van der Waals surface area contributed by atoms with Gasteiger partial charge in [0.05, 0.1) is 17.9 Å². The summed E-state index contributed by atoms with van der Waals surface area (Å²) in [5.74, 6) is 0.585. The van der Waals surface area contributed by atoms with Crippen LogP contribution in [-0.4, -0.2) is 46.5 Å². The van der Waals surface area contributed by atoms with Gasteiger partial charge >= 0.3 is 0 Å². The Kier molecular flexibility index (Phi) is 5.84. The zero-order chi connectivity index (χ0) is 20.4. The normalized spacial score (nSPS) is 17.9. The lowest BCUT2D eigenvalue weighted by atomic mass is 10.1. The van der Waals surface area contributed by atoms with Crippen LogP contribution in [0.25, 0.3) is 0 Å². The minimum absolute atomic E-state index is 0.145. The van der Waals surface area contributed by atoms with Crippen LogP contribution in [0.15, 0.2) is 29.2 Å². The Labute approximate surface area is 175 Å². The van der Waals surface area contributed by atoms with Gasteiger partial charge in [0.1, 0.15) is 0 Å². The molecule has 0 unspecified atom stereocenters. The number of rotatable bonds is 7. The number of aromatic amines is 1. The monoisotopic (exact) mass is 435 g/mol. The van der Waals surface area contributed by atoms with Crippen LogP contribution in [0.5, 0.6) is 0 Å². The van der Waals surface area contributed by atoms with Crippen molar-refractivity contribution < 1.29 is 13.2 Å². The number of H-pyrrole nitrogens is 1. The van der Waals surface area contributed by atoms with Gasteiger partial charge in [0, 0.05) is 19.1 Å². The topological polar surface area (TPSA) is 100 Å². The molecular formula is C19H25N5O3S2. The molecule has 2 heterocycles. The Morgan fingerprint density at radius 2 is 1.86 bits per heavy atom. The molecule has 0 atom stereocenters. The summed E-state index contributed by atoms with van der Waals surface area (Å²) in [4.78, 5) is 12.6. The minimum Gasteiger partial charge on any atom is -0.349 e. The zero-order valence-electron chi connectivity index (χ0n) is 16.1. The third-order valence-corrected chi connectivity index (χ3v) is 7.57. The summed E-state index contributed by atoms with van der Waals surface area (Å²) >= 11 is 5.24. The van der Waals surface area contributed by atoms with Crippen molar-refractivity contribution in [1.29, 1.82) is 0 Å². The number of nitrogens with one attached hydrogen (secondary N) is 2. The van der Waals surface area contributed by atoms with Crippen molar-refractivity contribution in [3.8, 4) is 0 Å². The molecule has 1 amide bonds. The molecule has 29 heavy (non-hydrogen) atoms. The number of nitrogens with zero attached hydrogens (tertiary/aromatic N) is 3. The molecule has 1 aliphatic heterocycles. The first-order chi connectivity index (χ1) is 13.9. The van der Waals surface area contributed by atoms with Crippen molar-refractivity contribution in [2.75, 3.05) is 13.1 Å². The number of benzene rings is 1. The van der Waals surface area contributed by atoms with Crippen LogP contribution in [0.3, 0.4) is 0 Å². The maximum atomic E-state index is 12.7. The highest BCUT2D eigenvalue weighted by Crippen LogP contribution is 2.35. The molecule has 4 rings (SSSR count). The average molecular weight is 436 g/mol. The lowest BCUT2D eigenvalue weighted by Crippen LogP contribution is -2.35. The summed E-state index contributed by atoms with van der Waals surface area (Å²) in [5.41, 5.74) is 0.765. The van der Waals surface area contributed by atoms with Gasteiger partial charge < -0.3 is 5.32 Å². The van der Waals surface area contributed by atoms with E-state index in [4.69, 9.17) is 12.2 Å². The Morgan fingerprint density at radius 1 is 1.17 bits per heavy atom. The van der Waals surface area contributed by atoms with E-state index in [0.717, 1.165) is 43.5 Å². The van der Waals surface area contributed by atoms with E-state index >= 15 is 0 Å². The maximum Gasteiger partial charge on any atom is 0.243 e. The molecule has 1 saturated carbocycles. The van der Waals surface area contributed by atoms with Gasteiger partial charge in [-0.2, -0.15) is 9.40 Å². The Morgan fingerprint density at radius 3 is 2.52 bits per heavy atom. The lowest BCUT2D eigenvalue weighted by Gasteiger charge is -2.25. The molecule has 1 aromatic carbocycles. The van der Waals surface area contributed by atoms with Crippen molar-refractivity contribution >= 4 is 28.1 Å². The highest BCUT2D eigenvalue weighted by Gasteiger charge is 2.27. The summed E-state index contributed by atoms with van der Waals surface area (Å²) in [7, 11) is -3.45. The molecule has 156 valence electrons. The predicted octanol–water partition coefficient (Wildman–Crippen LogP) is 2.31. The first-order valence-corrected chi connectivity index (χ1v) is 11.8. The van der Waals surface area contributed by atoms with Crippen LogP contribution in [-0.2, 0) is 27.8 Å². The standard InChI is InChI=1S/C19H25N5O3S2/c25-18(20-13-17-21-22-19(28)24(17)15-6-7-15)12-14-4-8-16(9-5-14)29(26,27)23-10-2-1-3-11-23/h4-5,8-9,15H,1-3,6-7,10-13H2,(H,20,25)(H,22,28). The van der Waals surface area contributed by atoms with Gasteiger partial charge in [0.25, 0.3) is 0 Å². The van der Waals surface area contributed by atoms with Gasteiger partial charge in [-0.3, -0.25) is 14.5 Å². The van der Waals surface area contributed by atoms with Crippen molar-refractivity contribution in [1.82, 2.24) is 24.4 Å². The average Bonchev–Trinajstić information content (AvgIpc) is 3.49. The third kappa shape index (κ3) is 4.59. The van der Waals surface area contributed by atoms with Crippen LogP contribution in [0.2, 0.25) is 0 Å². The molecule has 0 radical (unpaired) electrons. The Balaban J connectivity index is 1.35. The Hall–Kier alpha value is -2.04. The third-order valence-electron chi connectivity index (χ3n) is 5.37. The van der Waals surface area contributed by atoms with Crippen LogP contribution < -0.4 is 5.32 Å². The van der Waals surface area contributed by atoms with Gasteiger partial charge in [-0.25, -0.2) is 8.42 Å². The second-order valence-electron chi connectivity index (χ2n) is 7.61. The number of piperidine rings is 1. The molecule has 2 aliphatic rings. The second kappa shape index (κ2) is 8.37. The summed E-state index contributed by atoms with van der Waals surface area (Å²) in [6.45, 7) is 1.46. The fraction of sp³-hybridized carbons (Fsp3) is 0.526. The summed E-state index contributed by atoms with van der Waals surface area (Å²) in [5, 5.41) is 9.85. The van der Waals surface area contributed by atoms with E-state index in [9.17, 15) is 13.2 Å². The molecule has 1 saturated heterocycles. The summed E-state index contributed by atoms with van der Waals surface area (Å²) in [6.07, 6.45) is 5.23.